The Kier molecular flexibility index (Phi) is 3.62. The molecular formula is C6H10N2. The monoisotopic (exact) mass is 110 g/mol. The molecule has 0 aromatic heterocycles. The van der Waals surface area contributed by atoms with E-state index in [9.17, 15) is 0 Å². The lowest BCUT2D eigenvalue weighted by Crippen LogP contribution is -2.19. The van der Waals surface area contributed by atoms with E-state index in [0.29, 0.717) is 0 Å². The summed E-state index contributed by atoms with van der Waals surface area (Å²) in [6, 6.07) is 0. The second-order valence-corrected chi connectivity index (χ2v) is 1.21. The molecule has 0 heterocycles. The Bertz CT molecular complexity index is 114. The van der Waals surface area contributed by atoms with Gasteiger partial charge in [-0.1, -0.05) is 19.2 Å². The van der Waals surface area contributed by atoms with E-state index in [1.807, 2.05) is 0 Å². The van der Waals surface area contributed by atoms with Gasteiger partial charge >= 0.3 is 0 Å². The number of hydrogen-bond donors (Lipinski definition) is 2. The van der Waals surface area contributed by atoms with Crippen molar-refractivity contribution in [1.82, 2.24) is 5.43 Å². The molecule has 0 saturated heterocycles. The fraction of sp³-hybridized carbons (Fsp3) is 0. The summed E-state index contributed by atoms with van der Waals surface area (Å²) < 4.78 is 0. The maximum absolute atomic E-state index is 5.03. The van der Waals surface area contributed by atoms with Crippen LogP contribution < -0.4 is 11.3 Å². The molecule has 2 heteroatoms. The Hall–Kier alpha value is -1.02. The normalized spacial score (nSPS) is 10.4. The summed E-state index contributed by atoms with van der Waals surface area (Å²) in [5.41, 5.74) is 3.19. The summed E-state index contributed by atoms with van der Waals surface area (Å²) in [7, 11) is 0. The van der Waals surface area contributed by atoms with E-state index in [-0.39, 0.29) is 0 Å². The van der Waals surface area contributed by atoms with Crippen LogP contribution in [0.2, 0.25) is 0 Å². The van der Waals surface area contributed by atoms with Crippen LogP contribution >= 0.6 is 0 Å². The third-order valence-corrected chi connectivity index (χ3v) is 0.684. The maximum Gasteiger partial charge on any atom is 0.0478 e. The van der Waals surface area contributed by atoms with E-state index in [1.165, 1.54) is 0 Å². The fourth-order valence-corrected chi connectivity index (χ4v) is 0.302. The van der Waals surface area contributed by atoms with Gasteiger partial charge in [0.1, 0.15) is 0 Å². The first kappa shape index (κ1) is 6.98. The van der Waals surface area contributed by atoms with Crippen molar-refractivity contribution in [3.63, 3.8) is 0 Å². The van der Waals surface area contributed by atoms with Gasteiger partial charge in [-0.2, -0.15) is 0 Å². The molecule has 3 N–H and O–H groups in total. The number of nitrogens with two attached hydrogens (primary N) is 1. The standard InChI is InChI=1S/C6H10N2/c1-3-5-6(4-2)8-7/h3-5,8H,1-2,7H2/b6-5+. The van der Waals surface area contributed by atoms with E-state index in [4.69, 9.17) is 5.84 Å². The Morgan fingerprint density at radius 3 is 2.25 bits per heavy atom. The topological polar surface area (TPSA) is 38.0 Å². The molecule has 0 aliphatic carbocycles. The van der Waals surface area contributed by atoms with Gasteiger partial charge in [0.25, 0.3) is 0 Å². The first-order valence-electron chi connectivity index (χ1n) is 2.27. The van der Waals surface area contributed by atoms with Crippen LogP contribution in [0.5, 0.6) is 0 Å². The molecule has 44 valence electrons. The van der Waals surface area contributed by atoms with Crippen LogP contribution in [-0.2, 0) is 0 Å². The molecule has 0 aromatic rings. The van der Waals surface area contributed by atoms with Gasteiger partial charge in [-0.3, -0.25) is 5.84 Å². The highest BCUT2D eigenvalue weighted by Crippen LogP contribution is 1.85. The molecule has 0 atom stereocenters. The van der Waals surface area contributed by atoms with Crippen LogP contribution in [0.25, 0.3) is 0 Å². The zero-order valence-corrected chi connectivity index (χ0v) is 4.72. The van der Waals surface area contributed by atoms with E-state index in [2.05, 4.69) is 18.6 Å². The van der Waals surface area contributed by atoms with E-state index < -0.39 is 0 Å². The van der Waals surface area contributed by atoms with Crippen molar-refractivity contribution in [2.75, 3.05) is 0 Å². The van der Waals surface area contributed by atoms with Crippen molar-refractivity contribution >= 4 is 0 Å². The molecule has 0 aliphatic heterocycles. The molecule has 0 spiro atoms. The van der Waals surface area contributed by atoms with Gasteiger partial charge in [-0.05, 0) is 12.2 Å². The first-order chi connectivity index (χ1) is 3.85. The molecule has 2 nitrogen and oxygen atoms in total. The molecule has 0 fully saturated rings. The predicted octanol–water partition coefficient (Wildman–Crippen LogP) is 0.706. The van der Waals surface area contributed by atoms with Gasteiger partial charge in [0.15, 0.2) is 0 Å². The molecule has 0 saturated carbocycles. The molecule has 0 unspecified atom stereocenters. The molecule has 0 radical (unpaired) electrons. The molecular weight excluding hydrogens is 100 g/mol. The van der Waals surface area contributed by atoms with Gasteiger partial charge in [0, 0.05) is 5.70 Å². The van der Waals surface area contributed by atoms with Crippen molar-refractivity contribution in [2.45, 2.75) is 0 Å². The summed E-state index contributed by atoms with van der Waals surface area (Å²) in [4.78, 5) is 0. The highest BCUT2D eigenvalue weighted by atomic mass is 15.2. The number of allylic oxidation sites excluding steroid dienone is 3. The third kappa shape index (κ3) is 2.21. The van der Waals surface area contributed by atoms with Gasteiger partial charge < -0.3 is 5.43 Å². The van der Waals surface area contributed by atoms with Crippen molar-refractivity contribution in [2.24, 2.45) is 5.84 Å². The van der Waals surface area contributed by atoms with Crippen molar-refractivity contribution in [1.29, 1.82) is 0 Å². The Labute approximate surface area is 49.4 Å². The van der Waals surface area contributed by atoms with E-state index in [1.54, 1.807) is 18.2 Å². The summed E-state index contributed by atoms with van der Waals surface area (Å²) in [6.45, 7) is 6.97. The van der Waals surface area contributed by atoms with Gasteiger partial charge in [-0.15, -0.1) is 0 Å². The molecule has 0 aliphatic rings. The Morgan fingerprint density at radius 1 is 1.50 bits per heavy atom. The summed E-state index contributed by atoms with van der Waals surface area (Å²) in [6.07, 6.45) is 4.98. The lowest BCUT2D eigenvalue weighted by molar-refractivity contribution is 0.917. The Morgan fingerprint density at radius 2 is 2.12 bits per heavy atom. The quantitative estimate of drug-likeness (QED) is 0.319. The second kappa shape index (κ2) is 4.15. The zero-order valence-electron chi connectivity index (χ0n) is 4.72. The number of nitrogens with one attached hydrogen (secondary N) is 1. The third-order valence-electron chi connectivity index (χ3n) is 0.684. The smallest absolute Gasteiger partial charge is 0.0478 e. The summed E-state index contributed by atoms with van der Waals surface area (Å²) in [5, 5.41) is 0. The molecule has 0 rings (SSSR count). The molecule has 0 amide bonds. The van der Waals surface area contributed by atoms with Crippen LogP contribution in [-0.4, -0.2) is 0 Å². The van der Waals surface area contributed by atoms with Crippen molar-refractivity contribution < 1.29 is 0 Å². The minimum atomic E-state index is 0.764. The highest BCUT2D eigenvalue weighted by molar-refractivity contribution is 5.17. The minimum absolute atomic E-state index is 0.764. The summed E-state index contributed by atoms with van der Waals surface area (Å²) in [5.74, 6) is 5.03. The van der Waals surface area contributed by atoms with Crippen LogP contribution in [0, 0.1) is 0 Å². The number of hydrazine groups is 1. The predicted molar refractivity (Wildman–Crippen MR) is 35.8 cm³/mol. The highest BCUT2D eigenvalue weighted by Gasteiger charge is 1.76. The van der Waals surface area contributed by atoms with Crippen LogP contribution in [0.3, 0.4) is 0 Å². The second-order valence-electron chi connectivity index (χ2n) is 1.21. The van der Waals surface area contributed by atoms with Crippen LogP contribution in [0.15, 0.2) is 37.1 Å². The fourth-order valence-electron chi connectivity index (χ4n) is 0.302. The minimum Gasteiger partial charge on any atom is -0.324 e. The average Bonchev–Trinajstić information content (AvgIpc) is 1.83. The molecule has 0 aromatic carbocycles. The summed E-state index contributed by atoms with van der Waals surface area (Å²) >= 11 is 0. The van der Waals surface area contributed by atoms with Crippen molar-refractivity contribution in [3.05, 3.63) is 37.1 Å². The van der Waals surface area contributed by atoms with Crippen LogP contribution in [0.4, 0.5) is 0 Å². The SMILES string of the molecule is C=C/C=C(\C=C)NN. The maximum atomic E-state index is 5.03. The lowest BCUT2D eigenvalue weighted by atomic mass is 10.4. The largest absolute Gasteiger partial charge is 0.324 e. The lowest BCUT2D eigenvalue weighted by Gasteiger charge is -1.94. The van der Waals surface area contributed by atoms with Gasteiger partial charge in [0.05, 0.1) is 0 Å². The number of hydrogen-bond acceptors (Lipinski definition) is 2. The molecule has 0 bridgehead atoms. The van der Waals surface area contributed by atoms with Crippen molar-refractivity contribution in [3.8, 4) is 0 Å². The van der Waals surface area contributed by atoms with E-state index >= 15 is 0 Å². The Balaban J connectivity index is 3.84. The average molecular weight is 110 g/mol. The van der Waals surface area contributed by atoms with E-state index in [0.717, 1.165) is 5.70 Å². The van der Waals surface area contributed by atoms with Gasteiger partial charge in [-0.25, -0.2) is 0 Å². The number of rotatable bonds is 3. The molecule has 8 heavy (non-hydrogen) atoms. The zero-order chi connectivity index (χ0) is 6.41. The van der Waals surface area contributed by atoms with Crippen LogP contribution in [0.1, 0.15) is 0 Å². The van der Waals surface area contributed by atoms with Gasteiger partial charge in [0.2, 0.25) is 0 Å². The first-order valence-corrected chi connectivity index (χ1v) is 2.27.